The van der Waals surface area contributed by atoms with Crippen molar-refractivity contribution in [3.8, 4) is 0 Å². The topological polar surface area (TPSA) is 18.5 Å². The minimum atomic E-state index is -0.163. The predicted molar refractivity (Wildman–Crippen MR) is 44.3 cm³/mol. The number of ether oxygens (including phenoxy) is 2. The molecule has 0 heterocycles. The largest absolute Gasteiger partial charge is 0.355 e. The van der Waals surface area contributed by atoms with E-state index in [0.29, 0.717) is 0 Å². The fraction of sp³-hybridized carbons (Fsp3) is 1.00. The second-order valence-electron chi connectivity index (χ2n) is 1.51. The highest BCUT2D eigenvalue weighted by Gasteiger charge is 2.15. The molecular weight excluding hydrogens is 252 g/mol. The van der Waals surface area contributed by atoms with Gasteiger partial charge in [0.25, 0.3) is 0 Å². The molecule has 56 valence electrons. The molecule has 0 aliphatic carbocycles. The number of rotatable bonds is 4. The first-order chi connectivity index (χ1) is 4.26. The highest BCUT2D eigenvalue weighted by atomic mass is 79.9. The van der Waals surface area contributed by atoms with Gasteiger partial charge in [0.05, 0.1) is 4.83 Å². The highest BCUT2D eigenvalue weighted by molar-refractivity contribution is 9.12. The van der Waals surface area contributed by atoms with Gasteiger partial charge in [0.15, 0.2) is 6.29 Å². The van der Waals surface area contributed by atoms with E-state index in [4.69, 9.17) is 9.47 Å². The van der Waals surface area contributed by atoms with Gasteiger partial charge in [-0.2, -0.15) is 0 Å². The molecule has 1 atom stereocenters. The molecule has 0 rings (SSSR count). The van der Waals surface area contributed by atoms with Crippen molar-refractivity contribution in [3.05, 3.63) is 0 Å². The van der Waals surface area contributed by atoms with Crippen LogP contribution in [0.1, 0.15) is 0 Å². The normalized spacial score (nSPS) is 14.3. The van der Waals surface area contributed by atoms with Gasteiger partial charge in [-0.1, -0.05) is 31.9 Å². The van der Waals surface area contributed by atoms with Crippen LogP contribution in [0.5, 0.6) is 0 Å². The maximum absolute atomic E-state index is 4.95. The summed E-state index contributed by atoms with van der Waals surface area (Å²) in [7, 11) is 3.23. The van der Waals surface area contributed by atoms with Crippen LogP contribution in [0.2, 0.25) is 0 Å². The predicted octanol–water partition coefficient (Wildman–Crippen LogP) is 1.76. The molecule has 0 radical (unpaired) electrons. The van der Waals surface area contributed by atoms with Crippen molar-refractivity contribution in [2.75, 3.05) is 19.5 Å². The number of hydrogen-bond acceptors (Lipinski definition) is 2. The molecule has 0 aromatic carbocycles. The Bertz CT molecular complexity index is 66.0. The van der Waals surface area contributed by atoms with Crippen molar-refractivity contribution in [2.24, 2.45) is 0 Å². The van der Waals surface area contributed by atoms with Crippen LogP contribution in [0.3, 0.4) is 0 Å². The third-order valence-corrected chi connectivity index (χ3v) is 3.23. The SMILES string of the molecule is COC(OC)C(Br)CBr. The summed E-state index contributed by atoms with van der Waals surface area (Å²) < 4.78 is 9.91. The lowest BCUT2D eigenvalue weighted by molar-refractivity contribution is -0.0969. The van der Waals surface area contributed by atoms with E-state index >= 15 is 0 Å². The van der Waals surface area contributed by atoms with E-state index in [-0.39, 0.29) is 11.1 Å². The van der Waals surface area contributed by atoms with Crippen LogP contribution in [0.15, 0.2) is 0 Å². The molecule has 0 spiro atoms. The second kappa shape index (κ2) is 5.65. The molecule has 1 unspecified atom stereocenters. The van der Waals surface area contributed by atoms with Gasteiger partial charge in [0.1, 0.15) is 0 Å². The quantitative estimate of drug-likeness (QED) is 0.567. The second-order valence-corrected chi connectivity index (χ2v) is 3.33. The monoisotopic (exact) mass is 260 g/mol. The first-order valence-electron chi connectivity index (χ1n) is 2.51. The van der Waals surface area contributed by atoms with E-state index in [1.54, 1.807) is 14.2 Å². The number of alkyl halides is 2. The molecule has 0 bridgehead atoms. The summed E-state index contributed by atoms with van der Waals surface area (Å²) >= 11 is 6.66. The van der Waals surface area contributed by atoms with Gasteiger partial charge in [-0.3, -0.25) is 0 Å². The van der Waals surface area contributed by atoms with Crippen LogP contribution >= 0.6 is 31.9 Å². The van der Waals surface area contributed by atoms with E-state index < -0.39 is 0 Å². The molecule has 2 nitrogen and oxygen atoms in total. The van der Waals surface area contributed by atoms with Crippen molar-refractivity contribution in [1.29, 1.82) is 0 Å². The molecule has 0 aromatic heterocycles. The van der Waals surface area contributed by atoms with E-state index in [9.17, 15) is 0 Å². The Kier molecular flexibility index (Phi) is 6.20. The minimum Gasteiger partial charge on any atom is -0.355 e. The van der Waals surface area contributed by atoms with Crippen LogP contribution in [-0.4, -0.2) is 30.7 Å². The Morgan fingerprint density at radius 1 is 1.33 bits per heavy atom. The number of methoxy groups -OCH3 is 2. The Morgan fingerprint density at radius 3 is 1.89 bits per heavy atom. The molecule has 0 aromatic rings. The van der Waals surface area contributed by atoms with Gasteiger partial charge in [0, 0.05) is 19.5 Å². The van der Waals surface area contributed by atoms with Crippen LogP contribution in [0, 0.1) is 0 Å². The average molecular weight is 262 g/mol. The van der Waals surface area contributed by atoms with Crippen LogP contribution in [0.25, 0.3) is 0 Å². The zero-order valence-electron chi connectivity index (χ0n) is 5.43. The molecular formula is C5H10Br2O2. The highest BCUT2D eigenvalue weighted by Crippen LogP contribution is 2.11. The molecule has 0 saturated heterocycles. The molecule has 9 heavy (non-hydrogen) atoms. The first-order valence-corrected chi connectivity index (χ1v) is 4.55. The van der Waals surface area contributed by atoms with Crippen molar-refractivity contribution < 1.29 is 9.47 Å². The van der Waals surface area contributed by atoms with Crippen LogP contribution in [0.4, 0.5) is 0 Å². The van der Waals surface area contributed by atoms with Gasteiger partial charge in [0.2, 0.25) is 0 Å². The summed E-state index contributed by atoms with van der Waals surface area (Å²) in [4.78, 5) is 0.215. The Balaban J connectivity index is 3.50. The van der Waals surface area contributed by atoms with Crippen molar-refractivity contribution in [1.82, 2.24) is 0 Å². The molecule has 0 aliphatic heterocycles. The Hall–Kier alpha value is 0.880. The summed E-state index contributed by atoms with van der Waals surface area (Å²) in [5, 5.41) is 0.819. The smallest absolute Gasteiger partial charge is 0.169 e. The fourth-order valence-corrected chi connectivity index (χ4v) is 1.20. The van der Waals surface area contributed by atoms with E-state index in [0.717, 1.165) is 5.33 Å². The summed E-state index contributed by atoms with van der Waals surface area (Å²) in [6, 6.07) is 0. The van der Waals surface area contributed by atoms with E-state index in [1.165, 1.54) is 0 Å². The van der Waals surface area contributed by atoms with Gasteiger partial charge < -0.3 is 9.47 Å². The summed E-state index contributed by atoms with van der Waals surface area (Å²) in [6.45, 7) is 0. The molecule has 0 aliphatic rings. The van der Waals surface area contributed by atoms with Crippen molar-refractivity contribution in [2.45, 2.75) is 11.1 Å². The molecule has 4 heteroatoms. The van der Waals surface area contributed by atoms with Gasteiger partial charge in [-0.05, 0) is 0 Å². The van der Waals surface area contributed by atoms with Gasteiger partial charge in [-0.25, -0.2) is 0 Å². The van der Waals surface area contributed by atoms with Crippen molar-refractivity contribution >= 4 is 31.9 Å². The summed E-state index contributed by atoms with van der Waals surface area (Å²) in [5.41, 5.74) is 0. The average Bonchev–Trinajstić information content (AvgIpc) is 1.90. The molecule has 0 amide bonds. The van der Waals surface area contributed by atoms with Crippen LogP contribution in [-0.2, 0) is 9.47 Å². The minimum absolute atomic E-state index is 0.163. The van der Waals surface area contributed by atoms with E-state index in [1.807, 2.05) is 0 Å². The Labute approximate surface area is 72.2 Å². The fourth-order valence-electron chi connectivity index (χ4n) is 0.464. The van der Waals surface area contributed by atoms with Crippen LogP contribution < -0.4 is 0 Å². The molecule has 0 saturated carbocycles. The summed E-state index contributed by atoms with van der Waals surface area (Å²) in [5.74, 6) is 0. The molecule has 0 N–H and O–H groups in total. The lowest BCUT2D eigenvalue weighted by atomic mass is 10.5. The maximum Gasteiger partial charge on any atom is 0.169 e. The van der Waals surface area contributed by atoms with Crippen molar-refractivity contribution in [3.63, 3.8) is 0 Å². The molecule has 0 fully saturated rings. The van der Waals surface area contributed by atoms with E-state index in [2.05, 4.69) is 31.9 Å². The van der Waals surface area contributed by atoms with Gasteiger partial charge >= 0.3 is 0 Å². The number of halogens is 2. The zero-order chi connectivity index (χ0) is 7.28. The number of hydrogen-bond donors (Lipinski definition) is 0. The third kappa shape index (κ3) is 3.55. The lowest BCUT2D eigenvalue weighted by Crippen LogP contribution is -2.25. The standard InChI is InChI=1S/C5H10Br2O2/c1-8-5(9-2)4(7)3-6/h4-5H,3H2,1-2H3. The maximum atomic E-state index is 4.95. The third-order valence-electron chi connectivity index (χ3n) is 0.907. The first kappa shape index (κ1) is 9.88. The Morgan fingerprint density at radius 2 is 1.78 bits per heavy atom. The lowest BCUT2D eigenvalue weighted by Gasteiger charge is -2.16. The summed E-state index contributed by atoms with van der Waals surface area (Å²) in [6.07, 6.45) is -0.163. The van der Waals surface area contributed by atoms with Gasteiger partial charge in [-0.15, -0.1) is 0 Å². The zero-order valence-corrected chi connectivity index (χ0v) is 8.61.